The zero-order valence-corrected chi connectivity index (χ0v) is 26.4. The molecule has 5 rings (SSSR count). The first-order valence-corrected chi connectivity index (χ1v) is 16.6. The van der Waals surface area contributed by atoms with Crippen LogP contribution < -0.4 is 26.4 Å². The van der Waals surface area contributed by atoms with Crippen molar-refractivity contribution >= 4 is 55.9 Å². The quantitative estimate of drug-likeness (QED) is 0.156. The van der Waals surface area contributed by atoms with E-state index in [0.717, 1.165) is 42.6 Å². The Morgan fingerprint density at radius 3 is 2.32 bits per heavy atom. The highest BCUT2D eigenvalue weighted by Crippen LogP contribution is 2.30. The number of nitrogens with two attached hydrogens (primary N) is 1. The average Bonchev–Trinajstić information content (AvgIpc) is 3.40. The van der Waals surface area contributed by atoms with Crippen molar-refractivity contribution in [3.63, 3.8) is 0 Å². The van der Waals surface area contributed by atoms with E-state index in [4.69, 9.17) is 5.73 Å². The number of nitrogens with zero attached hydrogens (tertiary/aromatic N) is 5. The van der Waals surface area contributed by atoms with Crippen LogP contribution in [0.4, 0.5) is 28.7 Å². The summed E-state index contributed by atoms with van der Waals surface area (Å²) in [5.41, 5.74) is 10.1. The molecule has 0 bridgehead atoms. The van der Waals surface area contributed by atoms with Crippen molar-refractivity contribution in [3.05, 3.63) is 64.2 Å². The molecule has 1 saturated carbocycles. The van der Waals surface area contributed by atoms with Crippen LogP contribution in [0.15, 0.2) is 47.4 Å². The van der Waals surface area contributed by atoms with Gasteiger partial charge < -0.3 is 21.7 Å². The van der Waals surface area contributed by atoms with Crippen LogP contribution in [0.1, 0.15) is 47.4 Å². The van der Waals surface area contributed by atoms with E-state index < -0.39 is 10.0 Å². The molecule has 0 aliphatic heterocycles. The molecule has 0 atom stereocenters. The number of hydrogen-bond donors (Lipinski definition) is 5. The molecule has 0 unspecified atom stereocenters. The summed E-state index contributed by atoms with van der Waals surface area (Å²) in [7, 11) is -3.80. The number of sulfonamides is 1. The number of anilines is 5. The van der Waals surface area contributed by atoms with E-state index in [1.165, 1.54) is 23.3 Å². The largest absolute Gasteiger partial charge is 0.368 e. The number of amides is 1. The van der Waals surface area contributed by atoms with Crippen molar-refractivity contribution in [1.82, 2.24) is 25.1 Å². The fourth-order valence-corrected chi connectivity index (χ4v) is 6.89. The van der Waals surface area contributed by atoms with Gasteiger partial charge in [-0.2, -0.15) is 15.0 Å². The summed E-state index contributed by atoms with van der Waals surface area (Å²) in [5, 5.41) is 17.9. The number of aryl methyl sites for hydroxylation is 2. The van der Waals surface area contributed by atoms with Crippen molar-refractivity contribution in [2.45, 2.75) is 57.9 Å². The molecule has 2 aromatic carbocycles. The Kier molecular flexibility index (Phi) is 9.54. The van der Waals surface area contributed by atoms with Crippen LogP contribution in [0.2, 0.25) is 0 Å². The van der Waals surface area contributed by atoms with Crippen molar-refractivity contribution in [1.29, 1.82) is 0 Å². The lowest BCUT2D eigenvalue weighted by molar-refractivity contribution is -0.121. The van der Waals surface area contributed by atoms with Gasteiger partial charge in [0.2, 0.25) is 28.9 Å². The minimum atomic E-state index is -3.80. The first-order chi connectivity index (χ1) is 21.1. The number of rotatable bonds is 11. The van der Waals surface area contributed by atoms with Crippen molar-refractivity contribution in [2.75, 3.05) is 33.0 Å². The topological polar surface area (TPSA) is 190 Å². The van der Waals surface area contributed by atoms with Crippen molar-refractivity contribution in [3.8, 4) is 0 Å². The van der Waals surface area contributed by atoms with Crippen LogP contribution in [0, 0.1) is 32.6 Å². The Bertz CT molecular complexity index is 1720. The molecule has 13 nitrogen and oxygen atoms in total. The predicted molar refractivity (Wildman–Crippen MR) is 172 cm³/mol. The summed E-state index contributed by atoms with van der Waals surface area (Å²) in [5.74, 6) is 1.14. The molecule has 4 aromatic rings. The highest BCUT2D eigenvalue weighted by atomic mass is 32.2. The second-order valence-corrected chi connectivity index (χ2v) is 13.8. The third kappa shape index (κ3) is 7.96. The van der Waals surface area contributed by atoms with Gasteiger partial charge in [-0.1, -0.05) is 29.5 Å². The van der Waals surface area contributed by atoms with Crippen LogP contribution in [0.5, 0.6) is 0 Å². The number of hydrogen-bond acceptors (Lipinski definition) is 12. The molecule has 0 radical (unpaired) electrons. The number of benzene rings is 2. The number of carbonyl (C=O) groups excluding carboxylic acids is 1. The maximum Gasteiger partial charge on any atom is 0.263 e. The minimum absolute atomic E-state index is 0.0700. The Balaban J connectivity index is 1.07. The van der Waals surface area contributed by atoms with Gasteiger partial charge in [0.15, 0.2) is 0 Å². The van der Waals surface area contributed by atoms with Crippen LogP contribution >= 0.6 is 11.3 Å². The molecule has 15 heteroatoms. The monoisotopic (exact) mass is 636 g/mol. The van der Waals surface area contributed by atoms with Crippen LogP contribution in [0.3, 0.4) is 0 Å². The van der Waals surface area contributed by atoms with Crippen molar-refractivity contribution in [2.24, 2.45) is 11.8 Å². The average molecular weight is 637 g/mol. The molecule has 6 N–H and O–H groups in total. The molecule has 232 valence electrons. The highest BCUT2D eigenvalue weighted by Gasteiger charge is 2.27. The van der Waals surface area contributed by atoms with Gasteiger partial charge in [-0.15, -0.1) is 10.2 Å². The summed E-state index contributed by atoms with van der Waals surface area (Å²) >= 11 is 1.15. The van der Waals surface area contributed by atoms with E-state index in [0.29, 0.717) is 41.6 Å². The van der Waals surface area contributed by atoms with E-state index in [-0.39, 0.29) is 27.8 Å². The molecular weight excluding hydrogens is 601 g/mol. The molecule has 44 heavy (non-hydrogen) atoms. The molecule has 2 aromatic heterocycles. The standard InChI is InChI=1S/C29H36N10O3S2/c1-17-5-4-6-22(18(17)2)16-32-28-35-26(30)34-27(36-28)31-15-20-7-9-21(10-8-20)25(40)33-23-11-13-24(14-12-23)44(41,42)39-29-38-37-19(3)43-29/h4-6,11-14,20-21H,7-10,15-16H2,1-3H3,(H,33,40)(H,38,39)(H4,30,31,32,34,35,36). The number of carbonyl (C=O) groups is 1. The van der Waals surface area contributed by atoms with E-state index >= 15 is 0 Å². The third-order valence-electron chi connectivity index (χ3n) is 7.75. The molecule has 2 heterocycles. The van der Waals surface area contributed by atoms with Crippen molar-refractivity contribution < 1.29 is 13.2 Å². The van der Waals surface area contributed by atoms with E-state index in [9.17, 15) is 13.2 Å². The van der Waals surface area contributed by atoms with E-state index in [2.05, 4.69) is 71.8 Å². The number of nitrogens with one attached hydrogen (secondary N) is 4. The molecule has 0 saturated heterocycles. The van der Waals surface area contributed by atoms with Crippen LogP contribution in [-0.2, 0) is 21.4 Å². The Labute approximate surface area is 260 Å². The van der Waals surface area contributed by atoms with Gasteiger partial charge in [-0.3, -0.25) is 9.52 Å². The second kappa shape index (κ2) is 13.5. The zero-order chi connectivity index (χ0) is 31.3. The molecular formula is C29H36N10O3S2. The number of aromatic nitrogens is 5. The molecule has 1 aliphatic rings. The lowest BCUT2D eigenvalue weighted by atomic mass is 9.81. The summed E-state index contributed by atoms with van der Waals surface area (Å²) in [4.78, 5) is 25.9. The van der Waals surface area contributed by atoms with Gasteiger partial charge >= 0.3 is 0 Å². The van der Waals surface area contributed by atoms with Gasteiger partial charge in [0.1, 0.15) is 5.01 Å². The second-order valence-electron chi connectivity index (χ2n) is 10.9. The SMILES string of the molecule is Cc1nnc(NS(=O)(=O)c2ccc(NC(=O)C3CCC(CNc4nc(N)nc(NCc5cccc(C)c5C)n4)CC3)cc2)s1. The fourth-order valence-electron chi connectivity index (χ4n) is 5.07. The fraction of sp³-hybridized carbons (Fsp3) is 0.379. The Morgan fingerprint density at radius 2 is 1.64 bits per heavy atom. The lowest BCUT2D eigenvalue weighted by Crippen LogP contribution is -2.29. The Hall–Kier alpha value is -4.37. The maximum absolute atomic E-state index is 12.9. The number of nitrogen functional groups attached to an aromatic ring is 1. The summed E-state index contributed by atoms with van der Waals surface area (Å²) in [6.45, 7) is 7.16. The van der Waals surface area contributed by atoms with E-state index in [1.54, 1.807) is 19.1 Å². The van der Waals surface area contributed by atoms with Gasteiger partial charge in [0.25, 0.3) is 10.0 Å². The third-order valence-corrected chi connectivity index (χ3v) is 9.99. The molecule has 0 spiro atoms. The first-order valence-electron chi connectivity index (χ1n) is 14.3. The highest BCUT2D eigenvalue weighted by molar-refractivity contribution is 7.93. The van der Waals surface area contributed by atoms with Crippen LogP contribution in [-0.4, -0.2) is 46.0 Å². The normalized spacial score (nSPS) is 16.7. The smallest absolute Gasteiger partial charge is 0.263 e. The predicted octanol–water partition coefficient (Wildman–Crippen LogP) is 4.50. The van der Waals surface area contributed by atoms with Crippen LogP contribution in [0.25, 0.3) is 0 Å². The minimum Gasteiger partial charge on any atom is -0.368 e. The molecule has 1 aliphatic carbocycles. The van der Waals surface area contributed by atoms with E-state index in [1.807, 2.05) is 6.07 Å². The molecule has 1 fully saturated rings. The first kappa shape index (κ1) is 31.1. The van der Waals surface area contributed by atoms with Gasteiger partial charge in [-0.25, -0.2) is 8.42 Å². The van der Waals surface area contributed by atoms with Gasteiger partial charge in [0.05, 0.1) is 4.90 Å². The van der Waals surface area contributed by atoms with Gasteiger partial charge in [-0.05, 0) is 93.3 Å². The maximum atomic E-state index is 12.9. The summed E-state index contributed by atoms with van der Waals surface area (Å²) in [6.07, 6.45) is 3.24. The lowest BCUT2D eigenvalue weighted by Gasteiger charge is -2.28. The summed E-state index contributed by atoms with van der Waals surface area (Å²) in [6, 6.07) is 12.3. The molecule has 1 amide bonds. The van der Waals surface area contributed by atoms with Gasteiger partial charge in [0, 0.05) is 24.7 Å². The zero-order valence-electron chi connectivity index (χ0n) is 24.8. The Morgan fingerprint density at radius 1 is 0.932 bits per heavy atom. The summed E-state index contributed by atoms with van der Waals surface area (Å²) < 4.78 is 27.7.